The Bertz CT molecular complexity index is 2700. The quantitative estimate of drug-likeness (QED) is 0.0828. The summed E-state index contributed by atoms with van der Waals surface area (Å²) in [5, 5.41) is 33.7. The number of pyridine rings is 1. The van der Waals surface area contributed by atoms with E-state index in [0.717, 1.165) is 46.6 Å². The fourth-order valence-corrected chi connectivity index (χ4v) is 9.61. The minimum Gasteiger partial charge on any atom is -0.493 e. The Balaban J connectivity index is 0.00000131. The molecule has 4 heterocycles. The van der Waals surface area contributed by atoms with Crippen LogP contribution in [0.4, 0.5) is 4.39 Å². The number of aromatic amines is 1. The molecule has 0 amide bonds. The number of piperazine rings is 1. The predicted molar refractivity (Wildman–Crippen MR) is 280 cm³/mol. The minimum atomic E-state index is -3.71. The molecule has 2 aromatic carbocycles. The van der Waals surface area contributed by atoms with Crippen molar-refractivity contribution in [3.8, 4) is 28.3 Å². The second kappa shape index (κ2) is 30.9. The molecule has 5 aromatic rings. The molecule has 23 heteroatoms. The molecule has 397 valence electrons. The zero-order valence-corrected chi connectivity index (χ0v) is 46.6. The number of carbonyl (C=O) groups is 1. The van der Waals surface area contributed by atoms with Gasteiger partial charge in [0.05, 0.1) is 53.7 Å². The number of aliphatic hydroxyl groups excluding tert-OH is 2. The Morgan fingerprint density at radius 3 is 2.11 bits per heavy atom. The topological polar surface area (TPSA) is 307 Å². The van der Waals surface area contributed by atoms with Crippen molar-refractivity contribution >= 4 is 69.5 Å². The predicted octanol–water partition coefficient (Wildman–Crippen LogP) is 4.52. The summed E-state index contributed by atoms with van der Waals surface area (Å²) >= 11 is 0. The average molecular weight is 1060 g/mol. The molecule has 1 fully saturated rings. The number of sulfonamides is 1. The van der Waals surface area contributed by atoms with Crippen molar-refractivity contribution in [2.24, 2.45) is 0 Å². The summed E-state index contributed by atoms with van der Waals surface area (Å²) in [5.41, 5.74) is 6.14. The molecule has 19 nitrogen and oxygen atoms in total. The van der Waals surface area contributed by atoms with E-state index in [9.17, 15) is 32.6 Å². The third-order valence-corrected chi connectivity index (χ3v) is 13.4. The number of aliphatic hydroxyl groups is 2. The molecule has 1 radical (unpaired) electrons. The van der Waals surface area contributed by atoms with Gasteiger partial charge in [0.25, 0.3) is 5.56 Å². The van der Waals surface area contributed by atoms with E-state index in [4.69, 9.17) is 19.6 Å². The molecule has 0 unspecified atom stereocenters. The van der Waals surface area contributed by atoms with E-state index < -0.39 is 34.6 Å². The Kier molecular flexibility index (Phi) is 29.1. The molecule has 2 atom stereocenters. The zero-order valence-electron chi connectivity index (χ0n) is 43.0. The molecule has 0 aliphatic carbocycles. The van der Waals surface area contributed by atoms with E-state index in [1.807, 2.05) is 27.7 Å². The summed E-state index contributed by atoms with van der Waals surface area (Å²) in [6.07, 6.45) is 2.06. The number of aromatic nitrogens is 5. The van der Waals surface area contributed by atoms with Gasteiger partial charge in [-0.15, -0.1) is 17.5 Å². The number of carboxylic acid groups (broad SMARTS) is 1. The molecule has 1 aliphatic heterocycles. The molecule has 0 spiro atoms. The van der Waals surface area contributed by atoms with Crippen molar-refractivity contribution in [1.82, 2.24) is 33.8 Å². The number of methoxy groups -OCH3 is 1. The second-order valence-electron chi connectivity index (χ2n) is 17.2. The van der Waals surface area contributed by atoms with Crippen molar-refractivity contribution in [2.75, 3.05) is 46.4 Å². The van der Waals surface area contributed by atoms with E-state index in [2.05, 4.69) is 40.7 Å². The van der Waals surface area contributed by atoms with Gasteiger partial charge >= 0.3 is 5.97 Å². The van der Waals surface area contributed by atoms with Crippen LogP contribution < -0.4 is 10.3 Å². The van der Waals surface area contributed by atoms with Crippen LogP contribution in [0.3, 0.4) is 0 Å². The Morgan fingerprint density at radius 1 is 0.944 bits per heavy atom. The number of fused-ring (bicyclic) bond motifs is 1. The first-order chi connectivity index (χ1) is 31.8. The van der Waals surface area contributed by atoms with Crippen LogP contribution in [0.15, 0.2) is 58.2 Å². The number of imidazole rings is 1. The summed E-state index contributed by atoms with van der Waals surface area (Å²) in [5.74, 6) is 0.107. The summed E-state index contributed by atoms with van der Waals surface area (Å²) < 4.78 is 54.9. The number of halogens is 2. The van der Waals surface area contributed by atoms with Crippen LogP contribution in [0.5, 0.6) is 5.75 Å². The molecule has 0 bridgehead atoms. The number of rotatable bonds is 19. The number of H-pyrrole nitrogens is 1. The molecule has 3 aromatic heterocycles. The summed E-state index contributed by atoms with van der Waals surface area (Å²) in [4.78, 5) is 38.4. The average Bonchev–Trinajstić information content (AvgIpc) is 3.60. The molecule has 1 aliphatic rings. The summed E-state index contributed by atoms with van der Waals surface area (Å²) in [6.45, 7) is 19.8. The first-order valence-electron chi connectivity index (χ1n) is 22.9. The number of aryl methyl sites for hydroxylation is 2. The molecule has 0 saturated carbocycles. The van der Waals surface area contributed by atoms with Gasteiger partial charge in [0.1, 0.15) is 17.4 Å². The van der Waals surface area contributed by atoms with Crippen molar-refractivity contribution in [3.63, 3.8) is 0 Å². The van der Waals surface area contributed by atoms with Crippen LogP contribution in [0.2, 0.25) is 0 Å². The van der Waals surface area contributed by atoms with Crippen LogP contribution in [-0.2, 0) is 32.6 Å². The largest absolute Gasteiger partial charge is 0.493 e. The van der Waals surface area contributed by atoms with Crippen molar-refractivity contribution in [2.45, 2.75) is 117 Å². The van der Waals surface area contributed by atoms with Gasteiger partial charge in [-0.25, -0.2) is 22.3 Å². The van der Waals surface area contributed by atoms with E-state index in [1.54, 1.807) is 55.0 Å². The first kappa shape index (κ1) is 67.8. The fraction of sp³-hybridized carbons (Fsp3) is 0.490. The second-order valence-corrected chi connectivity index (χ2v) is 19.1. The SMILES string of the molecule is CCCc1nc(C)c2c(=O)[nH]c(-c3cc(S(=O)(=O)N4CCN(CC)CC4)ccc3OCC)nn12.COCc1c(C(C)C)nc(C(C)C)c(/C=C/[C@@H](O)C[C@@H](O)CC(=O)O)c1-c1ccc(F)cc1.Cl.O.O.O.[Na]. The maximum atomic E-state index is 13.7. The van der Waals surface area contributed by atoms with Gasteiger partial charge < -0.3 is 51.1 Å². The number of likely N-dealkylation sites (N-methyl/N-ethyl adjacent to an activating group) is 1. The van der Waals surface area contributed by atoms with Gasteiger partial charge in [0.2, 0.25) is 10.0 Å². The number of nitrogens with zero attached hydrogens (tertiary/aromatic N) is 6. The number of benzene rings is 2. The number of aliphatic carboxylic acids is 1. The molecule has 1 saturated heterocycles. The van der Waals surface area contributed by atoms with Crippen LogP contribution in [-0.4, -0.2) is 168 Å². The van der Waals surface area contributed by atoms with Gasteiger partial charge in [0.15, 0.2) is 11.3 Å². The third-order valence-electron chi connectivity index (χ3n) is 11.5. The van der Waals surface area contributed by atoms with E-state index in [-0.39, 0.29) is 98.7 Å². The number of hydrogen-bond donors (Lipinski definition) is 4. The van der Waals surface area contributed by atoms with Gasteiger partial charge in [-0.2, -0.15) is 4.31 Å². The third kappa shape index (κ3) is 16.7. The number of hydrogen-bond acceptors (Lipinski definition) is 12. The molecule has 72 heavy (non-hydrogen) atoms. The van der Waals surface area contributed by atoms with Crippen LogP contribution >= 0.6 is 12.4 Å². The Hall–Kier alpha value is -4.20. The molecule has 10 N–H and O–H groups in total. The zero-order chi connectivity index (χ0) is 49.2. The number of ether oxygens (including phenoxy) is 2. The van der Waals surface area contributed by atoms with Crippen molar-refractivity contribution in [3.05, 3.63) is 98.7 Å². The van der Waals surface area contributed by atoms with Crippen molar-refractivity contribution < 1.29 is 58.8 Å². The Labute approximate surface area is 449 Å². The van der Waals surface area contributed by atoms with Gasteiger partial charge in [-0.05, 0) is 80.1 Å². The van der Waals surface area contributed by atoms with Crippen LogP contribution in [0, 0.1) is 12.7 Å². The van der Waals surface area contributed by atoms with Gasteiger partial charge in [0, 0.05) is 92.5 Å². The fourth-order valence-electron chi connectivity index (χ4n) is 8.16. The van der Waals surface area contributed by atoms with Gasteiger partial charge in [-0.1, -0.05) is 65.8 Å². The van der Waals surface area contributed by atoms with Crippen molar-refractivity contribution in [1.29, 1.82) is 0 Å². The molecular formula is C49H73ClFN7NaO12S. The summed E-state index contributed by atoms with van der Waals surface area (Å²) in [7, 11) is -2.10. The van der Waals surface area contributed by atoms with E-state index in [0.29, 0.717) is 74.2 Å². The number of nitrogens with one attached hydrogen (secondary N) is 1. The summed E-state index contributed by atoms with van der Waals surface area (Å²) in [6, 6.07) is 11.0. The number of carboxylic acids is 1. The van der Waals surface area contributed by atoms with Crippen LogP contribution in [0.25, 0.3) is 34.1 Å². The maximum absolute atomic E-state index is 13.7. The van der Waals surface area contributed by atoms with Crippen LogP contribution in [0.1, 0.15) is 114 Å². The van der Waals surface area contributed by atoms with E-state index in [1.165, 1.54) is 22.5 Å². The maximum Gasteiger partial charge on any atom is 0.305 e. The normalized spacial score (nSPS) is 13.8. The first-order valence-corrected chi connectivity index (χ1v) is 24.3. The standard InChI is InChI=1S/C26H34FNO5.C23H32N6O4S.ClH.Na.3H2O/c1-15(2)25-21(11-10-19(29)12-20(30)13-23(31)32)24(17-6-8-18(27)9-7-17)22(14-33-5)26(28-25)16(3)4;1-5-8-20-24-16(4)21-23(30)25-22(26-29(20)21)18-15-17(9-10-19(18)33-7-3)34(31,32)28-13-11-27(6-2)12-14-28;;;;;/h6-11,15-16,19-20,29-30H,12-14H2,1-5H3,(H,31,32);9-10,15H,5-8,11-14H2,1-4H3,(H,25,26,30);1H;;3*1H2/b11-10+;;;;;;/t19-,20-;;;;;;/m1....../s1. The molecular weight excluding hydrogens is 988 g/mol. The minimum absolute atomic E-state index is 0. The monoisotopic (exact) mass is 1060 g/mol. The smallest absolute Gasteiger partial charge is 0.305 e. The van der Waals surface area contributed by atoms with E-state index >= 15 is 0 Å². The molecule has 6 rings (SSSR count). The van der Waals surface area contributed by atoms with Gasteiger partial charge in [-0.3, -0.25) is 14.6 Å². The Morgan fingerprint density at radius 2 is 1.57 bits per heavy atom.